The first kappa shape index (κ1) is 15.4. The van der Waals surface area contributed by atoms with E-state index in [1.54, 1.807) is 6.92 Å². The van der Waals surface area contributed by atoms with Crippen molar-refractivity contribution in [1.29, 1.82) is 0 Å². The molecule has 0 heterocycles. The average molecular weight is 293 g/mol. The highest BCUT2D eigenvalue weighted by molar-refractivity contribution is 6.43. The molecule has 1 unspecified atom stereocenters. The number of carbonyl (C=O) groups is 2. The molecule has 1 atom stereocenters. The van der Waals surface area contributed by atoms with E-state index in [0.717, 1.165) is 13.2 Å². The summed E-state index contributed by atoms with van der Waals surface area (Å²) in [4.78, 5) is 23.1. The van der Waals surface area contributed by atoms with Gasteiger partial charge in [0.15, 0.2) is 22.7 Å². The molecule has 1 aromatic carbocycles. The number of carbonyl (C=O) groups excluding carboxylic acids is 2. The van der Waals surface area contributed by atoms with Gasteiger partial charge in [-0.3, -0.25) is 4.79 Å². The molecule has 19 heavy (non-hydrogen) atoms. The van der Waals surface area contributed by atoms with Gasteiger partial charge in [-0.1, -0.05) is 0 Å². The van der Waals surface area contributed by atoms with E-state index in [9.17, 15) is 18.4 Å². The van der Waals surface area contributed by atoms with Gasteiger partial charge in [0.2, 0.25) is 5.82 Å². The van der Waals surface area contributed by atoms with Crippen LogP contribution in [0.5, 0.6) is 5.75 Å². The maximum absolute atomic E-state index is 13.2. The second-order valence-corrected chi connectivity index (χ2v) is 3.89. The molecule has 1 aromatic rings. The summed E-state index contributed by atoms with van der Waals surface area (Å²) in [5.41, 5.74) is -0.274. The summed E-state index contributed by atoms with van der Waals surface area (Å²) < 4.78 is 35.6. The van der Waals surface area contributed by atoms with E-state index in [-0.39, 0.29) is 12.2 Å². The molecule has 7 heteroatoms. The Morgan fingerprint density at radius 3 is 2.53 bits per heavy atom. The van der Waals surface area contributed by atoms with Crippen molar-refractivity contribution in [3.05, 3.63) is 29.3 Å². The summed E-state index contributed by atoms with van der Waals surface area (Å²) in [6, 6.07) is 1.62. The molecule has 0 N–H and O–H groups in total. The van der Waals surface area contributed by atoms with Gasteiger partial charge >= 0.3 is 5.97 Å². The van der Waals surface area contributed by atoms with Crippen LogP contribution in [-0.4, -0.2) is 30.8 Å². The van der Waals surface area contributed by atoms with Gasteiger partial charge in [-0.2, -0.15) is 4.39 Å². The number of Topliss-reactive ketones (excluding diaryl/α,β-unsaturated/α-hetero) is 1. The Kier molecular flexibility index (Phi) is 5.23. The number of methoxy groups -OCH3 is 1. The smallest absolute Gasteiger partial charge is 0.332 e. The van der Waals surface area contributed by atoms with Crippen LogP contribution in [0.2, 0.25) is 0 Å². The summed E-state index contributed by atoms with van der Waals surface area (Å²) in [6.07, 6.45) is 0. The van der Waals surface area contributed by atoms with Crippen LogP contribution in [0.25, 0.3) is 0 Å². The van der Waals surface area contributed by atoms with E-state index in [1.165, 1.54) is 0 Å². The first-order chi connectivity index (χ1) is 8.92. The van der Waals surface area contributed by atoms with Crippen molar-refractivity contribution in [2.75, 3.05) is 13.7 Å². The van der Waals surface area contributed by atoms with Crippen molar-refractivity contribution in [3.63, 3.8) is 0 Å². The number of rotatable bonds is 5. The number of hydrogen-bond donors (Lipinski definition) is 0. The number of esters is 1. The molecule has 0 aliphatic rings. The fourth-order valence-electron chi connectivity index (χ4n) is 1.32. The summed E-state index contributed by atoms with van der Waals surface area (Å²) in [6.45, 7) is 1.60. The molecule has 0 spiro atoms. The number of ketones is 1. The zero-order valence-corrected chi connectivity index (χ0v) is 11.0. The van der Waals surface area contributed by atoms with E-state index in [1.807, 2.05) is 0 Å². The largest absolute Gasteiger partial charge is 0.494 e. The normalized spacial score (nSPS) is 11.8. The highest BCUT2D eigenvalue weighted by atomic mass is 35.5. The van der Waals surface area contributed by atoms with Gasteiger partial charge in [0, 0.05) is 5.56 Å². The van der Waals surface area contributed by atoms with Crippen LogP contribution >= 0.6 is 11.6 Å². The minimum atomic E-state index is -1.62. The molecule has 0 aromatic heterocycles. The van der Waals surface area contributed by atoms with Gasteiger partial charge in [-0.25, -0.2) is 9.18 Å². The minimum absolute atomic E-state index is 0.0520. The second kappa shape index (κ2) is 6.47. The van der Waals surface area contributed by atoms with Crippen LogP contribution < -0.4 is 4.74 Å². The van der Waals surface area contributed by atoms with Crippen LogP contribution in [0.3, 0.4) is 0 Å². The second-order valence-electron chi connectivity index (χ2n) is 3.45. The van der Waals surface area contributed by atoms with Crippen molar-refractivity contribution < 1.29 is 27.8 Å². The van der Waals surface area contributed by atoms with Crippen LogP contribution in [0.4, 0.5) is 8.78 Å². The molecule has 0 radical (unpaired) electrons. The molecule has 0 amide bonds. The molecule has 0 aliphatic heterocycles. The molecule has 4 nitrogen and oxygen atoms in total. The zero-order chi connectivity index (χ0) is 14.6. The van der Waals surface area contributed by atoms with E-state index >= 15 is 0 Å². The molecule has 1 rings (SSSR count). The Labute approximate surface area is 113 Å². The number of alkyl halides is 1. The first-order valence-electron chi connectivity index (χ1n) is 5.30. The molecule has 0 saturated heterocycles. The Bertz CT molecular complexity index is 505. The monoisotopic (exact) mass is 292 g/mol. The predicted molar refractivity (Wildman–Crippen MR) is 63.5 cm³/mol. The van der Waals surface area contributed by atoms with Gasteiger partial charge in [0.1, 0.15) is 0 Å². The highest BCUT2D eigenvalue weighted by Crippen LogP contribution is 2.23. The van der Waals surface area contributed by atoms with Crippen molar-refractivity contribution in [1.82, 2.24) is 0 Å². The third-order valence-corrected chi connectivity index (χ3v) is 2.60. The van der Waals surface area contributed by atoms with Crippen LogP contribution in [-0.2, 0) is 9.53 Å². The lowest BCUT2D eigenvalue weighted by Gasteiger charge is -2.10. The van der Waals surface area contributed by atoms with Gasteiger partial charge < -0.3 is 9.47 Å². The van der Waals surface area contributed by atoms with E-state index < -0.39 is 34.5 Å². The van der Waals surface area contributed by atoms with Gasteiger partial charge in [0.05, 0.1) is 13.7 Å². The molecular weight excluding hydrogens is 282 g/mol. The van der Waals surface area contributed by atoms with Crippen molar-refractivity contribution in [2.45, 2.75) is 12.3 Å². The Morgan fingerprint density at radius 1 is 1.37 bits per heavy atom. The Balaban J connectivity index is 3.06. The number of halogens is 3. The molecule has 104 valence electrons. The van der Waals surface area contributed by atoms with E-state index in [0.29, 0.717) is 6.07 Å². The number of ether oxygens (including phenoxy) is 2. The number of benzene rings is 1. The summed E-state index contributed by atoms with van der Waals surface area (Å²) in [5.74, 6) is -4.78. The van der Waals surface area contributed by atoms with E-state index in [2.05, 4.69) is 9.47 Å². The Morgan fingerprint density at radius 2 is 2.00 bits per heavy atom. The van der Waals surface area contributed by atoms with Crippen LogP contribution in [0.1, 0.15) is 17.3 Å². The average Bonchev–Trinajstić information content (AvgIpc) is 2.40. The highest BCUT2D eigenvalue weighted by Gasteiger charge is 2.28. The summed E-state index contributed by atoms with van der Waals surface area (Å²) >= 11 is 5.60. The van der Waals surface area contributed by atoms with Gasteiger partial charge in [-0.05, 0) is 19.1 Å². The van der Waals surface area contributed by atoms with Gasteiger partial charge in [0.25, 0.3) is 0 Å². The SMILES string of the molecule is CCOC(=O)C(Cl)C(=O)c1cc(F)c(F)c(OC)c1. The zero-order valence-electron chi connectivity index (χ0n) is 10.2. The van der Waals surface area contributed by atoms with Crippen molar-refractivity contribution in [2.24, 2.45) is 0 Å². The topological polar surface area (TPSA) is 52.6 Å². The van der Waals surface area contributed by atoms with Crippen LogP contribution in [0.15, 0.2) is 12.1 Å². The van der Waals surface area contributed by atoms with Crippen molar-refractivity contribution >= 4 is 23.4 Å². The minimum Gasteiger partial charge on any atom is -0.494 e. The van der Waals surface area contributed by atoms with Crippen LogP contribution in [0, 0.1) is 11.6 Å². The fraction of sp³-hybridized carbons (Fsp3) is 0.333. The number of hydrogen-bond acceptors (Lipinski definition) is 4. The fourth-order valence-corrected chi connectivity index (χ4v) is 1.51. The standard InChI is InChI=1S/C12H11ClF2O4/c1-3-19-12(17)9(13)11(16)6-4-7(14)10(15)8(5-6)18-2/h4-5,9H,3H2,1-2H3. The third kappa shape index (κ3) is 3.41. The quantitative estimate of drug-likeness (QED) is 0.362. The molecule has 0 bridgehead atoms. The lowest BCUT2D eigenvalue weighted by Crippen LogP contribution is -2.27. The summed E-state index contributed by atoms with van der Waals surface area (Å²) in [5, 5.41) is -1.62. The predicted octanol–water partition coefficient (Wildman–Crippen LogP) is 2.33. The summed E-state index contributed by atoms with van der Waals surface area (Å²) in [7, 11) is 1.12. The Hall–Kier alpha value is -1.69. The van der Waals surface area contributed by atoms with E-state index in [4.69, 9.17) is 11.6 Å². The van der Waals surface area contributed by atoms with Gasteiger partial charge in [-0.15, -0.1) is 11.6 Å². The molecule has 0 saturated carbocycles. The third-order valence-electron chi connectivity index (χ3n) is 2.22. The first-order valence-corrected chi connectivity index (χ1v) is 5.74. The van der Waals surface area contributed by atoms with Crippen molar-refractivity contribution in [3.8, 4) is 5.75 Å². The maximum atomic E-state index is 13.2. The lowest BCUT2D eigenvalue weighted by molar-refractivity contribution is -0.141. The molecule has 0 aliphatic carbocycles. The molecule has 0 fully saturated rings. The lowest BCUT2D eigenvalue weighted by atomic mass is 10.1. The maximum Gasteiger partial charge on any atom is 0.332 e. The molecular formula is C12H11ClF2O4.